The van der Waals surface area contributed by atoms with Crippen molar-refractivity contribution < 1.29 is 13.6 Å². The topological polar surface area (TPSA) is 59.8 Å². The maximum atomic E-state index is 13.3. The van der Waals surface area contributed by atoms with Crippen LogP contribution < -0.4 is 5.32 Å². The van der Waals surface area contributed by atoms with Gasteiger partial charge in [0.2, 0.25) is 5.91 Å². The van der Waals surface area contributed by atoms with Gasteiger partial charge in [0.25, 0.3) is 0 Å². The fourth-order valence-electron chi connectivity index (χ4n) is 1.48. The molecule has 0 aliphatic heterocycles. The number of anilines is 1. The van der Waals surface area contributed by atoms with Gasteiger partial charge >= 0.3 is 0 Å². The molecule has 2 rings (SSSR count). The van der Waals surface area contributed by atoms with Gasteiger partial charge in [0.1, 0.15) is 18.0 Å². The molecule has 2 aromatic rings. The molecule has 20 heavy (non-hydrogen) atoms. The molecule has 106 valence electrons. The van der Waals surface area contributed by atoms with Crippen LogP contribution in [0.2, 0.25) is 0 Å². The number of carbonyl (C=O) groups excluding carboxylic acids is 1. The monoisotopic (exact) mass is 298 g/mol. The van der Waals surface area contributed by atoms with E-state index < -0.39 is 17.5 Å². The first-order valence-corrected chi connectivity index (χ1v) is 6.84. The third-order valence-electron chi connectivity index (χ3n) is 2.46. The third-order valence-corrected chi connectivity index (χ3v) is 3.44. The summed E-state index contributed by atoms with van der Waals surface area (Å²) >= 11 is 1.18. The van der Waals surface area contributed by atoms with Crippen molar-refractivity contribution in [3.63, 3.8) is 0 Å². The molecule has 0 aliphatic rings. The van der Waals surface area contributed by atoms with Crippen LogP contribution in [0.1, 0.15) is 6.92 Å². The normalized spacial score (nSPS) is 10.6. The maximum absolute atomic E-state index is 13.3. The van der Waals surface area contributed by atoms with Crippen molar-refractivity contribution in [2.24, 2.45) is 0 Å². The molecule has 0 aliphatic carbocycles. The summed E-state index contributed by atoms with van der Waals surface area (Å²) in [7, 11) is 0. The molecule has 0 atom stereocenters. The van der Waals surface area contributed by atoms with Gasteiger partial charge in [-0.05, 0) is 19.1 Å². The van der Waals surface area contributed by atoms with Crippen LogP contribution in [0, 0.1) is 11.6 Å². The average Bonchev–Trinajstić information content (AvgIpc) is 2.88. The minimum atomic E-state index is -0.679. The van der Waals surface area contributed by atoms with E-state index in [9.17, 15) is 13.6 Å². The summed E-state index contributed by atoms with van der Waals surface area (Å²) < 4.78 is 28.1. The standard InChI is InChI=1S/C12H12F2N4OS/c1-2-18-7-15-17-12(18)20-6-11(19)16-10-5-8(13)3-4-9(10)14/h3-5,7H,2,6H2,1H3,(H,16,19). The molecule has 1 amide bonds. The lowest BCUT2D eigenvalue weighted by atomic mass is 10.3. The lowest BCUT2D eigenvalue weighted by Crippen LogP contribution is -2.15. The Balaban J connectivity index is 1.94. The number of hydrogen-bond acceptors (Lipinski definition) is 4. The summed E-state index contributed by atoms with van der Waals surface area (Å²) in [6.07, 6.45) is 1.56. The molecule has 5 nitrogen and oxygen atoms in total. The second-order valence-corrected chi connectivity index (χ2v) is 4.80. The lowest BCUT2D eigenvalue weighted by Gasteiger charge is -2.06. The summed E-state index contributed by atoms with van der Waals surface area (Å²) in [5.74, 6) is -1.69. The van der Waals surface area contributed by atoms with Crippen molar-refractivity contribution in [2.45, 2.75) is 18.6 Å². The molecular formula is C12H12F2N4OS. The van der Waals surface area contributed by atoms with E-state index in [4.69, 9.17) is 0 Å². The van der Waals surface area contributed by atoms with Crippen LogP contribution >= 0.6 is 11.8 Å². The predicted octanol–water partition coefficient (Wildman–Crippen LogP) is 2.31. The van der Waals surface area contributed by atoms with Crippen molar-refractivity contribution in [1.82, 2.24) is 14.8 Å². The van der Waals surface area contributed by atoms with Gasteiger partial charge in [0.05, 0.1) is 11.4 Å². The van der Waals surface area contributed by atoms with Gasteiger partial charge in [-0.3, -0.25) is 4.79 Å². The molecule has 0 fully saturated rings. The van der Waals surface area contributed by atoms with Crippen LogP contribution in [-0.2, 0) is 11.3 Å². The van der Waals surface area contributed by atoms with Crippen molar-refractivity contribution in [2.75, 3.05) is 11.1 Å². The number of halogens is 2. The number of amides is 1. The third kappa shape index (κ3) is 3.53. The number of nitrogens with one attached hydrogen (secondary N) is 1. The highest BCUT2D eigenvalue weighted by atomic mass is 32.2. The number of benzene rings is 1. The molecule has 1 heterocycles. The first kappa shape index (κ1) is 14.4. The number of nitrogens with zero attached hydrogens (tertiary/aromatic N) is 3. The summed E-state index contributed by atoms with van der Waals surface area (Å²) in [4.78, 5) is 11.7. The summed E-state index contributed by atoms with van der Waals surface area (Å²) in [5.41, 5.74) is -0.174. The molecule has 1 N–H and O–H groups in total. The van der Waals surface area contributed by atoms with E-state index in [1.54, 1.807) is 10.9 Å². The van der Waals surface area contributed by atoms with Gasteiger partial charge in [-0.2, -0.15) is 0 Å². The van der Waals surface area contributed by atoms with E-state index in [-0.39, 0.29) is 11.4 Å². The number of carbonyl (C=O) groups is 1. The average molecular weight is 298 g/mol. The number of aryl methyl sites for hydroxylation is 1. The van der Waals surface area contributed by atoms with Gasteiger partial charge in [-0.15, -0.1) is 10.2 Å². The molecule has 0 saturated carbocycles. The van der Waals surface area contributed by atoms with Crippen LogP contribution in [0.5, 0.6) is 0 Å². The minimum Gasteiger partial charge on any atom is -0.323 e. The molecule has 1 aromatic carbocycles. The second kappa shape index (κ2) is 6.47. The fourth-order valence-corrected chi connectivity index (χ4v) is 2.26. The summed E-state index contributed by atoms with van der Waals surface area (Å²) in [5, 5.41) is 10.5. The van der Waals surface area contributed by atoms with Gasteiger partial charge in [-0.25, -0.2) is 8.78 Å². The molecule has 1 aromatic heterocycles. The number of rotatable bonds is 5. The highest BCUT2D eigenvalue weighted by molar-refractivity contribution is 7.99. The largest absolute Gasteiger partial charge is 0.323 e. The van der Waals surface area contributed by atoms with Crippen molar-refractivity contribution in [3.05, 3.63) is 36.2 Å². The highest BCUT2D eigenvalue weighted by Gasteiger charge is 2.11. The zero-order valence-corrected chi connectivity index (χ0v) is 11.5. The molecule has 0 unspecified atom stereocenters. The first-order valence-electron chi connectivity index (χ1n) is 5.85. The van der Waals surface area contributed by atoms with E-state index in [1.165, 1.54) is 11.8 Å². The Bertz CT molecular complexity index is 617. The molecule has 8 heteroatoms. The zero-order chi connectivity index (χ0) is 14.5. The summed E-state index contributed by atoms with van der Waals surface area (Å²) in [6, 6.07) is 2.89. The Hall–Kier alpha value is -1.96. The Morgan fingerprint density at radius 1 is 1.45 bits per heavy atom. The second-order valence-electron chi connectivity index (χ2n) is 3.86. The van der Waals surface area contributed by atoms with Crippen molar-refractivity contribution in [3.8, 4) is 0 Å². The van der Waals surface area contributed by atoms with Crippen LogP contribution in [-0.4, -0.2) is 26.4 Å². The molecule has 0 bridgehead atoms. The van der Waals surface area contributed by atoms with E-state index >= 15 is 0 Å². The number of hydrogen-bond donors (Lipinski definition) is 1. The van der Waals surface area contributed by atoms with Gasteiger partial charge in [0, 0.05) is 12.6 Å². The van der Waals surface area contributed by atoms with Crippen LogP contribution in [0.25, 0.3) is 0 Å². The first-order chi connectivity index (χ1) is 9.60. The van der Waals surface area contributed by atoms with E-state index in [2.05, 4.69) is 15.5 Å². The van der Waals surface area contributed by atoms with Gasteiger partial charge in [0.15, 0.2) is 5.16 Å². The SMILES string of the molecule is CCn1cnnc1SCC(=O)Nc1cc(F)ccc1F. The quantitative estimate of drug-likeness (QED) is 0.861. The van der Waals surface area contributed by atoms with Crippen molar-refractivity contribution >= 4 is 23.4 Å². The van der Waals surface area contributed by atoms with E-state index in [0.717, 1.165) is 18.2 Å². The minimum absolute atomic E-state index is 0.0364. The number of thioether (sulfide) groups is 1. The smallest absolute Gasteiger partial charge is 0.234 e. The van der Waals surface area contributed by atoms with Crippen LogP contribution in [0.4, 0.5) is 14.5 Å². The molecule has 0 saturated heterocycles. The Morgan fingerprint density at radius 2 is 2.25 bits per heavy atom. The summed E-state index contributed by atoms with van der Waals surface area (Å²) in [6.45, 7) is 2.62. The molecular weight excluding hydrogens is 286 g/mol. The zero-order valence-electron chi connectivity index (χ0n) is 10.6. The Kier molecular flexibility index (Phi) is 4.67. The molecule has 0 spiro atoms. The molecule has 0 radical (unpaired) electrons. The maximum Gasteiger partial charge on any atom is 0.234 e. The van der Waals surface area contributed by atoms with Crippen molar-refractivity contribution in [1.29, 1.82) is 0 Å². The van der Waals surface area contributed by atoms with E-state index in [1.807, 2.05) is 6.92 Å². The van der Waals surface area contributed by atoms with Crippen LogP contribution in [0.3, 0.4) is 0 Å². The Labute approximate surface area is 118 Å². The highest BCUT2D eigenvalue weighted by Crippen LogP contribution is 2.18. The predicted molar refractivity (Wildman–Crippen MR) is 71.4 cm³/mol. The van der Waals surface area contributed by atoms with Crippen LogP contribution in [0.15, 0.2) is 29.7 Å². The van der Waals surface area contributed by atoms with Gasteiger partial charge in [-0.1, -0.05) is 11.8 Å². The fraction of sp³-hybridized carbons (Fsp3) is 0.250. The van der Waals surface area contributed by atoms with E-state index in [0.29, 0.717) is 11.7 Å². The Morgan fingerprint density at radius 3 is 3.00 bits per heavy atom. The van der Waals surface area contributed by atoms with Gasteiger partial charge < -0.3 is 9.88 Å². The number of aromatic nitrogens is 3. The lowest BCUT2D eigenvalue weighted by molar-refractivity contribution is -0.113.